The summed E-state index contributed by atoms with van der Waals surface area (Å²) in [7, 11) is 0. The molecule has 0 bridgehead atoms. The number of nitrogens with zero attached hydrogens (tertiary/aromatic N) is 1. The number of aryl methyl sites for hydroxylation is 1. The maximum absolute atomic E-state index is 11.3. The van der Waals surface area contributed by atoms with E-state index in [0.29, 0.717) is 6.54 Å². The average Bonchev–Trinajstić information content (AvgIpc) is 2.70. The number of hydrogen-bond donors (Lipinski definition) is 2. The molecule has 0 atom stereocenters. The van der Waals surface area contributed by atoms with E-state index in [1.54, 1.807) is 4.90 Å². The smallest absolute Gasteiger partial charge is 0.317 e. The van der Waals surface area contributed by atoms with Crippen LogP contribution in [0.15, 0.2) is 18.2 Å². The van der Waals surface area contributed by atoms with Gasteiger partial charge in [0.25, 0.3) is 0 Å². The molecule has 2 amide bonds. The average molecular weight is 254 g/mol. The minimum atomic E-state index is 0.0220. The highest BCUT2D eigenvalue weighted by Gasteiger charge is 2.18. The summed E-state index contributed by atoms with van der Waals surface area (Å²) in [5.41, 5.74) is 2.05. The molecule has 1 saturated heterocycles. The quantitative estimate of drug-likeness (QED) is 0.863. The number of rotatable bonds is 4. The molecule has 2 N–H and O–H groups in total. The maximum atomic E-state index is 11.3. The van der Waals surface area contributed by atoms with Crippen LogP contribution in [0.2, 0.25) is 5.02 Å². The zero-order valence-electron chi connectivity index (χ0n) is 9.79. The van der Waals surface area contributed by atoms with Crippen LogP contribution in [-0.4, -0.2) is 37.1 Å². The molecule has 2 rings (SSSR count). The second kappa shape index (κ2) is 5.27. The second-order valence-corrected chi connectivity index (χ2v) is 4.52. The zero-order valence-corrected chi connectivity index (χ0v) is 10.5. The molecule has 1 fully saturated rings. The van der Waals surface area contributed by atoms with Crippen molar-refractivity contribution in [3.05, 3.63) is 28.8 Å². The van der Waals surface area contributed by atoms with E-state index in [4.69, 9.17) is 11.6 Å². The molecule has 1 aromatic rings. The Morgan fingerprint density at radius 2 is 2.35 bits per heavy atom. The molecule has 0 spiro atoms. The Labute approximate surface area is 106 Å². The van der Waals surface area contributed by atoms with Gasteiger partial charge in [-0.05, 0) is 24.6 Å². The molecule has 0 unspecified atom stereocenters. The van der Waals surface area contributed by atoms with Crippen molar-refractivity contribution in [3.8, 4) is 0 Å². The third-order valence-electron chi connectivity index (χ3n) is 2.83. The van der Waals surface area contributed by atoms with Crippen molar-refractivity contribution in [2.45, 2.75) is 6.92 Å². The summed E-state index contributed by atoms with van der Waals surface area (Å²) < 4.78 is 0. The van der Waals surface area contributed by atoms with Gasteiger partial charge in [0.1, 0.15) is 0 Å². The highest BCUT2D eigenvalue weighted by Crippen LogP contribution is 2.19. The SMILES string of the molecule is Cc1ccc(NCCN2CCNC2=O)cc1Cl. The Morgan fingerprint density at radius 1 is 1.53 bits per heavy atom. The lowest BCUT2D eigenvalue weighted by atomic mass is 10.2. The molecule has 0 radical (unpaired) electrons. The lowest BCUT2D eigenvalue weighted by molar-refractivity contribution is 0.219. The normalized spacial score (nSPS) is 14.9. The summed E-state index contributed by atoms with van der Waals surface area (Å²) in [6, 6.07) is 5.90. The van der Waals surface area contributed by atoms with Crippen LogP contribution in [0, 0.1) is 6.92 Å². The molecule has 0 aliphatic carbocycles. The minimum Gasteiger partial charge on any atom is -0.383 e. The van der Waals surface area contributed by atoms with Gasteiger partial charge in [-0.2, -0.15) is 0 Å². The Bertz CT molecular complexity index is 422. The van der Waals surface area contributed by atoms with E-state index in [1.165, 1.54) is 0 Å². The van der Waals surface area contributed by atoms with E-state index in [0.717, 1.165) is 35.9 Å². The molecule has 5 heteroatoms. The van der Waals surface area contributed by atoms with E-state index in [2.05, 4.69) is 10.6 Å². The summed E-state index contributed by atoms with van der Waals surface area (Å²) in [5.74, 6) is 0. The molecular weight excluding hydrogens is 238 g/mol. The van der Waals surface area contributed by atoms with E-state index in [1.807, 2.05) is 25.1 Å². The van der Waals surface area contributed by atoms with Gasteiger partial charge in [0, 0.05) is 36.9 Å². The number of urea groups is 1. The van der Waals surface area contributed by atoms with Gasteiger partial charge < -0.3 is 15.5 Å². The van der Waals surface area contributed by atoms with Crippen LogP contribution in [0.3, 0.4) is 0 Å². The monoisotopic (exact) mass is 253 g/mol. The predicted molar refractivity (Wildman–Crippen MR) is 69.7 cm³/mol. The maximum Gasteiger partial charge on any atom is 0.317 e. The summed E-state index contributed by atoms with van der Waals surface area (Å²) >= 11 is 6.03. The number of halogens is 1. The van der Waals surface area contributed by atoms with E-state index >= 15 is 0 Å². The summed E-state index contributed by atoms with van der Waals surface area (Å²) in [6.07, 6.45) is 0. The van der Waals surface area contributed by atoms with Crippen molar-refractivity contribution < 1.29 is 4.79 Å². The topological polar surface area (TPSA) is 44.4 Å². The highest BCUT2D eigenvalue weighted by atomic mass is 35.5. The van der Waals surface area contributed by atoms with Gasteiger partial charge in [0.15, 0.2) is 0 Å². The minimum absolute atomic E-state index is 0.0220. The van der Waals surface area contributed by atoms with Gasteiger partial charge >= 0.3 is 6.03 Å². The second-order valence-electron chi connectivity index (χ2n) is 4.11. The van der Waals surface area contributed by atoms with E-state index < -0.39 is 0 Å². The lowest BCUT2D eigenvalue weighted by Gasteiger charge is -2.15. The first kappa shape index (κ1) is 12.0. The molecule has 1 heterocycles. The van der Waals surface area contributed by atoms with Crippen molar-refractivity contribution in [1.82, 2.24) is 10.2 Å². The molecule has 0 aromatic heterocycles. The van der Waals surface area contributed by atoms with Gasteiger partial charge in [-0.15, -0.1) is 0 Å². The van der Waals surface area contributed by atoms with Crippen LogP contribution in [0.25, 0.3) is 0 Å². The number of benzene rings is 1. The fourth-order valence-corrected chi connectivity index (χ4v) is 1.94. The number of amides is 2. The van der Waals surface area contributed by atoms with E-state index in [9.17, 15) is 4.79 Å². The molecular formula is C12H16ClN3O. The van der Waals surface area contributed by atoms with Gasteiger partial charge in [0.2, 0.25) is 0 Å². The number of carbonyl (C=O) groups is 1. The summed E-state index contributed by atoms with van der Waals surface area (Å²) in [5, 5.41) is 6.79. The first-order valence-electron chi connectivity index (χ1n) is 5.69. The Hall–Kier alpha value is -1.42. The van der Waals surface area contributed by atoms with Crippen molar-refractivity contribution >= 4 is 23.3 Å². The number of hydrogen-bond acceptors (Lipinski definition) is 2. The standard InChI is InChI=1S/C12H16ClN3O/c1-9-2-3-10(8-11(9)13)14-4-6-16-7-5-15-12(16)17/h2-3,8,14H,4-7H2,1H3,(H,15,17). The van der Waals surface area contributed by atoms with Crippen LogP contribution in [-0.2, 0) is 0 Å². The Balaban J connectivity index is 1.81. The molecule has 1 aromatic carbocycles. The van der Waals surface area contributed by atoms with Crippen molar-refractivity contribution in [1.29, 1.82) is 0 Å². The fraction of sp³-hybridized carbons (Fsp3) is 0.417. The molecule has 92 valence electrons. The fourth-order valence-electron chi connectivity index (χ4n) is 1.76. The largest absolute Gasteiger partial charge is 0.383 e. The van der Waals surface area contributed by atoms with Crippen LogP contribution in [0.5, 0.6) is 0 Å². The molecule has 17 heavy (non-hydrogen) atoms. The highest BCUT2D eigenvalue weighted by molar-refractivity contribution is 6.31. The third kappa shape index (κ3) is 3.03. The number of carbonyl (C=O) groups excluding carboxylic acids is 1. The van der Waals surface area contributed by atoms with Crippen molar-refractivity contribution in [3.63, 3.8) is 0 Å². The van der Waals surface area contributed by atoms with Gasteiger partial charge in [0.05, 0.1) is 0 Å². The summed E-state index contributed by atoms with van der Waals surface area (Å²) in [4.78, 5) is 13.1. The van der Waals surface area contributed by atoms with Crippen LogP contribution in [0.4, 0.5) is 10.5 Å². The zero-order chi connectivity index (χ0) is 12.3. The molecule has 4 nitrogen and oxygen atoms in total. The van der Waals surface area contributed by atoms with Crippen molar-refractivity contribution in [2.75, 3.05) is 31.5 Å². The van der Waals surface area contributed by atoms with Crippen LogP contribution < -0.4 is 10.6 Å². The number of nitrogens with one attached hydrogen (secondary N) is 2. The number of anilines is 1. The van der Waals surface area contributed by atoms with Gasteiger partial charge in [-0.25, -0.2) is 4.79 Å². The Morgan fingerprint density at radius 3 is 3.00 bits per heavy atom. The van der Waals surface area contributed by atoms with Gasteiger partial charge in [-0.1, -0.05) is 17.7 Å². The third-order valence-corrected chi connectivity index (χ3v) is 3.24. The predicted octanol–water partition coefficient (Wildman–Crippen LogP) is 2.09. The molecule has 1 aliphatic heterocycles. The summed E-state index contributed by atoms with van der Waals surface area (Å²) in [6.45, 7) is 4.94. The van der Waals surface area contributed by atoms with Crippen LogP contribution in [0.1, 0.15) is 5.56 Å². The van der Waals surface area contributed by atoms with Crippen molar-refractivity contribution in [2.24, 2.45) is 0 Å². The lowest BCUT2D eigenvalue weighted by Crippen LogP contribution is -2.32. The molecule has 0 saturated carbocycles. The first-order chi connectivity index (χ1) is 8.16. The first-order valence-corrected chi connectivity index (χ1v) is 6.07. The molecule has 1 aliphatic rings. The van der Waals surface area contributed by atoms with Gasteiger partial charge in [-0.3, -0.25) is 0 Å². The Kier molecular flexibility index (Phi) is 3.74. The van der Waals surface area contributed by atoms with E-state index in [-0.39, 0.29) is 6.03 Å². The van der Waals surface area contributed by atoms with Crippen LogP contribution >= 0.6 is 11.6 Å².